The van der Waals surface area contributed by atoms with Crippen molar-refractivity contribution in [1.82, 2.24) is 0 Å². The van der Waals surface area contributed by atoms with Gasteiger partial charge in [0.15, 0.2) is 17.2 Å². The smallest absolute Gasteiger partial charge is 0.210 e. The quantitative estimate of drug-likeness (QED) is 0.519. The highest BCUT2D eigenvalue weighted by Crippen LogP contribution is 2.73. The van der Waals surface area contributed by atoms with Crippen LogP contribution in [0.15, 0.2) is 11.3 Å². The lowest BCUT2D eigenvalue weighted by Gasteiger charge is -2.39. The minimum absolute atomic E-state index is 0.0605. The summed E-state index contributed by atoms with van der Waals surface area (Å²) in [6, 6.07) is 0. The van der Waals surface area contributed by atoms with Gasteiger partial charge in [-0.05, 0) is 37.5 Å². The fourth-order valence-corrected chi connectivity index (χ4v) is 5.98. The van der Waals surface area contributed by atoms with E-state index in [9.17, 15) is 29.7 Å². The lowest BCUT2D eigenvalue weighted by molar-refractivity contribution is -0.154. The van der Waals surface area contributed by atoms with Crippen LogP contribution in [0.3, 0.4) is 0 Å². The van der Waals surface area contributed by atoms with Crippen molar-refractivity contribution < 1.29 is 29.7 Å². The molecule has 0 bridgehead atoms. The fraction of sp³-hybridized carbons (Fsp3) is 0.750. The van der Waals surface area contributed by atoms with Gasteiger partial charge in [0.05, 0.1) is 11.0 Å². The van der Waals surface area contributed by atoms with Crippen molar-refractivity contribution >= 4 is 17.3 Å². The number of aliphatic hydroxyl groups excluding tert-OH is 1. The second-order valence-electron chi connectivity index (χ2n) is 9.67. The Morgan fingerprint density at radius 3 is 2.23 bits per heavy atom. The molecule has 1 spiro atoms. The van der Waals surface area contributed by atoms with Gasteiger partial charge < -0.3 is 15.3 Å². The molecule has 0 aromatic carbocycles. The number of carbonyl (C=O) groups excluding carboxylic acids is 3. The fourth-order valence-electron chi connectivity index (χ4n) is 5.98. The molecule has 2 saturated carbocycles. The van der Waals surface area contributed by atoms with E-state index in [0.717, 1.165) is 0 Å². The number of Topliss-reactive ketones (excluding diaryl/α,β-unsaturated/α-hetero) is 3. The van der Waals surface area contributed by atoms with Gasteiger partial charge in [0.2, 0.25) is 5.78 Å². The van der Waals surface area contributed by atoms with E-state index in [1.54, 1.807) is 27.7 Å². The van der Waals surface area contributed by atoms with Crippen LogP contribution in [-0.4, -0.2) is 43.9 Å². The summed E-state index contributed by atoms with van der Waals surface area (Å²) in [5.74, 6) is -4.11. The Morgan fingerprint density at radius 1 is 1.23 bits per heavy atom. The van der Waals surface area contributed by atoms with Crippen molar-refractivity contribution in [2.24, 2.45) is 28.6 Å². The maximum absolute atomic E-state index is 13.0. The van der Waals surface area contributed by atoms with Gasteiger partial charge in [0.1, 0.15) is 11.3 Å². The number of hydrogen-bond donors (Lipinski definition) is 3. The maximum atomic E-state index is 13.0. The van der Waals surface area contributed by atoms with Crippen LogP contribution in [0.2, 0.25) is 0 Å². The number of rotatable bonds is 3. The van der Waals surface area contributed by atoms with Gasteiger partial charge in [0, 0.05) is 12.3 Å². The molecule has 3 aliphatic rings. The third-order valence-electron chi connectivity index (χ3n) is 7.19. The molecule has 26 heavy (non-hydrogen) atoms. The topological polar surface area (TPSA) is 112 Å². The number of hydrogen-bond acceptors (Lipinski definition) is 6. The van der Waals surface area contributed by atoms with Crippen molar-refractivity contribution in [1.29, 1.82) is 0 Å². The third kappa shape index (κ3) is 1.87. The predicted octanol–water partition coefficient (Wildman–Crippen LogP) is 1.73. The summed E-state index contributed by atoms with van der Waals surface area (Å²) < 4.78 is 0. The van der Waals surface area contributed by atoms with E-state index in [4.69, 9.17) is 0 Å². The zero-order valence-electron chi connectivity index (χ0n) is 16.2. The molecule has 3 N–H and O–H groups in total. The van der Waals surface area contributed by atoms with Gasteiger partial charge in [-0.25, -0.2) is 0 Å². The maximum Gasteiger partial charge on any atom is 0.210 e. The molecule has 0 radical (unpaired) electrons. The van der Waals surface area contributed by atoms with Gasteiger partial charge >= 0.3 is 0 Å². The SMILES string of the molecule is CC(C)C(=O)C1=C(O)C23CC(C(C)(C)O)C(C)(C)C2CC(=O)C3(O)C1=O. The number of aliphatic hydroxyl groups is 3. The van der Waals surface area contributed by atoms with E-state index in [1.807, 2.05) is 13.8 Å². The third-order valence-corrected chi connectivity index (χ3v) is 7.19. The molecular formula is C20H28O6. The van der Waals surface area contributed by atoms with Crippen LogP contribution >= 0.6 is 0 Å². The summed E-state index contributed by atoms with van der Waals surface area (Å²) >= 11 is 0. The van der Waals surface area contributed by atoms with E-state index in [-0.39, 0.29) is 18.8 Å². The zero-order chi connectivity index (χ0) is 20.0. The van der Waals surface area contributed by atoms with Crippen LogP contribution in [0.4, 0.5) is 0 Å². The second kappa shape index (κ2) is 5.04. The molecule has 4 unspecified atom stereocenters. The van der Waals surface area contributed by atoms with E-state index >= 15 is 0 Å². The predicted molar refractivity (Wildman–Crippen MR) is 93.2 cm³/mol. The van der Waals surface area contributed by atoms with E-state index in [2.05, 4.69) is 0 Å². The highest BCUT2D eigenvalue weighted by atomic mass is 16.3. The molecule has 0 heterocycles. The molecule has 6 nitrogen and oxygen atoms in total. The minimum Gasteiger partial charge on any atom is -0.511 e. The van der Waals surface area contributed by atoms with Crippen LogP contribution in [0, 0.1) is 28.6 Å². The molecule has 144 valence electrons. The van der Waals surface area contributed by atoms with Crippen LogP contribution in [0.25, 0.3) is 0 Å². The van der Waals surface area contributed by atoms with Crippen LogP contribution < -0.4 is 0 Å². The first kappa shape index (κ1) is 19.2. The van der Waals surface area contributed by atoms with Crippen molar-refractivity contribution in [2.75, 3.05) is 0 Å². The number of carbonyl (C=O) groups is 3. The van der Waals surface area contributed by atoms with E-state index in [1.165, 1.54) is 0 Å². The molecule has 0 aromatic heterocycles. The molecule has 3 rings (SSSR count). The molecule has 3 aliphatic carbocycles. The molecule has 0 aromatic rings. The van der Waals surface area contributed by atoms with Crippen molar-refractivity contribution in [3.8, 4) is 0 Å². The van der Waals surface area contributed by atoms with Gasteiger partial charge in [-0.15, -0.1) is 0 Å². The van der Waals surface area contributed by atoms with Crippen molar-refractivity contribution in [3.63, 3.8) is 0 Å². The van der Waals surface area contributed by atoms with Crippen LogP contribution in [-0.2, 0) is 14.4 Å². The van der Waals surface area contributed by atoms with Crippen LogP contribution in [0.5, 0.6) is 0 Å². The molecule has 2 fully saturated rings. The standard InChI is InChI=1S/C20H28O6/c1-9(2)14(22)13-15(23)19-8-11(18(5,6)25)17(3,4)10(19)7-12(21)20(19,26)16(13)24/h9-11,23,25-26H,7-8H2,1-6H3. The Labute approximate surface area is 153 Å². The highest BCUT2D eigenvalue weighted by Gasteiger charge is 2.81. The molecule has 4 atom stereocenters. The minimum atomic E-state index is -2.42. The lowest BCUT2D eigenvalue weighted by Crippen LogP contribution is -2.53. The summed E-state index contributed by atoms with van der Waals surface area (Å²) in [5.41, 5.74) is -6.15. The van der Waals surface area contributed by atoms with Crippen molar-refractivity contribution in [3.05, 3.63) is 11.3 Å². The Morgan fingerprint density at radius 2 is 1.77 bits per heavy atom. The average molecular weight is 364 g/mol. The summed E-state index contributed by atoms with van der Waals surface area (Å²) in [6.45, 7) is 10.3. The lowest BCUT2D eigenvalue weighted by atomic mass is 9.67. The average Bonchev–Trinajstić information content (AvgIpc) is 2.94. The number of ketones is 3. The first-order valence-electron chi connectivity index (χ1n) is 9.15. The van der Waals surface area contributed by atoms with Gasteiger partial charge in [-0.1, -0.05) is 27.7 Å². The molecule has 0 aliphatic heterocycles. The van der Waals surface area contributed by atoms with Gasteiger partial charge in [0.25, 0.3) is 0 Å². The Balaban J connectivity index is 2.29. The highest BCUT2D eigenvalue weighted by molar-refractivity contribution is 6.33. The van der Waals surface area contributed by atoms with E-state index in [0.29, 0.717) is 0 Å². The molecule has 6 heteroatoms. The summed E-state index contributed by atoms with van der Waals surface area (Å²) in [5, 5.41) is 33.0. The monoisotopic (exact) mass is 364 g/mol. The van der Waals surface area contributed by atoms with Crippen LogP contribution in [0.1, 0.15) is 54.4 Å². The van der Waals surface area contributed by atoms with E-state index < -0.39 is 62.5 Å². The Hall–Kier alpha value is -1.53. The Kier molecular flexibility index (Phi) is 3.73. The first-order chi connectivity index (χ1) is 11.6. The molecule has 0 saturated heterocycles. The summed E-state index contributed by atoms with van der Waals surface area (Å²) in [7, 11) is 0. The molecular weight excluding hydrogens is 336 g/mol. The normalized spacial score (nSPS) is 39.0. The Bertz CT molecular complexity index is 753. The largest absolute Gasteiger partial charge is 0.511 e. The summed E-state index contributed by atoms with van der Waals surface area (Å²) in [6.07, 6.45) is 0.0118. The molecule has 0 amide bonds. The summed E-state index contributed by atoms with van der Waals surface area (Å²) in [4.78, 5) is 38.3. The zero-order valence-corrected chi connectivity index (χ0v) is 16.2. The second-order valence-corrected chi connectivity index (χ2v) is 9.67. The van der Waals surface area contributed by atoms with Gasteiger partial charge in [-0.2, -0.15) is 0 Å². The van der Waals surface area contributed by atoms with Gasteiger partial charge in [-0.3, -0.25) is 14.4 Å². The first-order valence-corrected chi connectivity index (χ1v) is 9.15. The van der Waals surface area contributed by atoms with Crippen molar-refractivity contribution in [2.45, 2.75) is 65.6 Å².